The summed E-state index contributed by atoms with van der Waals surface area (Å²) in [6.45, 7) is 2.49. The highest BCUT2D eigenvalue weighted by Crippen LogP contribution is 2.27. The Hall–Kier alpha value is -2.54. The van der Waals surface area contributed by atoms with E-state index in [1.54, 1.807) is 0 Å². The summed E-state index contributed by atoms with van der Waals surface area (Å²) in [6, 6.07) is 0. The molecule has 0 aromatic carbocycles. The Bertz CT molecular complexity index is 1440. The smallest absolute Gasteiger partial charge is 0.306 e. The van der Waals surface area contributed by atoms with E-state index in [1.807, 2.05) is 0 Å². The normalized spacial score (nSPS) is 25.3. The fourth-order valence-corrected chi connectivity index (χ4v) is 8.74. The second kappa shape index (κ2) is 43.7. The highest BCUT2D eigenvalue weighted by molar-refractivity contribution is 5.70. The maximum atomic E-state index is 13.1. The van der Waals surface area contributed by atoms with E-state index in [-0.39, 0.29) is 26.1 Å². The van der Waals surface area contributed by atoms with Crippen LogP contribution in [0, 0.1) is 0 Å². The van der Waals surface area contributed by atoms with Crippen LogP contribution in [-0.2, 0) is 38.0 Å². The van der Waals surface area contributed by atoms with Crippen molar-refractivity contribution in [1.29, 1.82) is 0 Å². The van der Waals surface area contributed by atoms with Crippen molar-refractivity contribution in [3.05, 3.63) is 48.6 Å². The largest absolute Gasteiger partial charge is 0.462 e. The van der Waals surface area contributed by atoms with Gasteiger partial charge in [0.15, 0.2) is 18.7 Å². The van der Waals surface area contributed by atoms with Crippen molar-refractivity contribution in [2.45, 2.75) is 274 Å². The molecular formula is C57H100O15. The second-order valence-corrected chi connectivity index (χ2v) is 19.7. The number of carbonyl (C=O) groups excluding carboxylic acids is 2. The summed E-state index contributed by atoms with van der Waals surface area (Å²) in [5.41, 5.74) is 0. The van der Waals surface area contributed by atoms with Gasteiger partial charge in [0.25, 0.3) is 0 Å². The molecule has 2 aliphatic rings. The maximum Gasteiger partial charge on any atom is 0.306 e. The van der Waals surface area contributed by atoms with Crippen molar-refractivity contribution in [3.63, 3.8) is 0 Å². The molecule has 11 atom stereocenters. The summed E-state index contributed by atoms with van der Waals surface area (Å²) < 4.78 is 33.7. The van der Waals surface area contributed by atoms with Crippen molar-refractivity contribution in [1.82, 2.24) is 0 Å². The number of hydrogen-bond acceptors (Lipinski definition) is 15. The van der Waals surface area contributed by atoms with Crippen LogP contribution in [0.2, 0.25) is 0 Å². The van der Waals surface area contributed by atoms with Crippen LogP contribution in [0.1, 0.15) is 206 Å². The Labute approximate surface area is 433 Å². The van der Waals surface area contributed by atoms with Crippen molar-refractivity contribution < 1.29 is 73.8 Å². The van der Waals surface area contributed by atoms with Crippen LogP contribution < -0.4 is 0 Å². The molecule has 2 rings (SSSR count). The van der Waals surface area contributed by atoms with E-state index in [2.05, 4.69) is 62.5 Å². The van der Waals surface area contributed by atoms with Crippen LogP contribution in [0.3, 0.4) is 0 Å². The molecule has 0 aliphatic carbocycles. The number of hydrogen-bond donors (Lipinski definition) is 7. The summed E-state index contributed by atoms with van der Waals surface area (Å²) >= 11 is 0. The summed E-state index contributed by atoms with van der Waals surface area (Å²) in [6.07, 6.45) is 32.7. The molecule has 15 heteroatoms. The van der Waals surface area contributed by atoms with Gasteiger partial charge in [-0.2, -0.15) is 0 Å². The minimum atomic E-state index is -1.77. The Morgan fingerprint density at radius 3 is 1.38 bits per heavy atom. The van der Waals surface area contributed by atoms with Gasteiger partial charge in [-0.3, -0.25) is 9.59 Å². The zero-order valence-corrected chi connectivity index (χ0v) is 44.4. The van der Waals surface area contributed by atoms with E-state index in [1.165, 1.54) is 83.5 Å². The van der Waals surface area contributed by atoms with E-state index < -0.39 is 92.7 Å². The zero-order chi connectivity index (χ0) is 52.4. The molecule has 2 aliphatic heterocycles. The lowest BCUT2D eigenvalue weighted by Gasteiger charge is -2.42. The highest BCUT2D eigenvalue weighted by atomic mass is 16.7. The van der Waals surface area contributed by atoms with Gasteiger partial charge in [-0.1, -0.05) is 191 Å². The predicted molar refractivity (Wildman–Crippen MR) is 280 cm³/mol. The third-order valence-electron chi connectivity index (χ3n) is 13.3. The number of allylic oxidation sites excluding steroid dienone is 8. The van der Waals surface area contributed by atoms with Crippen molar-refractivity contribution in [3.8, 4) is 0 Å². The third kappa shape index (κ3) is 30.7. The second-order valence-electron chi connectivity index (χ2n) is 19.7. The topological polar surface area (TPSA) is 231 Å². The minimum Gasteiger partial charge on any atom is -0.462 e. The van der Waals surface area contributed by atoms with E-state index >= 15 is 0 Å². The van der Waals surface area contributed by atoms with Crippen LogP contribution in [0.5, 0.6) is 0 Å². The molecule has 2 saturated heterocycles. The molecule has 7 N–H and O–H groups in total. The van der Waals surface area contributed by atoms with Crippen LogP contribution in [0.25, 0.3) is 0 Å². The molecule has 0 bridgehead atoms. The summed E-state index contributed by atoms with van der Waals surface area (Å²) in [4.78, 5) is 25.9. The van der Waals surface area contributed by atoms with E-state index in [4.69, 9.17) is 28.4 Å². The molecule has 2 fully saturated rings. The molecule has 11 unspecified atom stereocenters. The third-order valence-corrected chi connectivity index (χ3v) is 13.3. The lowest BCUT2D eigenvalue weighted by molar-refractivity contribution is -0.332. The SMILES string of the molecule is CC/C=C\C/C=C\C/C=C\C/C=C\CCCCCCCCC(=O)OC(COC(=O)CCCCCCCCCCCCCCCCCCC)COC1OC(COC2OC(CO)C(O)C(O)C2O)C(O)C(O)C1O. The maximum absolute atomic E-state index is 13.1. The van der Waals surface area contributed by atoms with Crippen LogP contribution in [-0.4, -0.2) is 142 Å². The summed E-state index contributed by atoms with van der Waals surface area (Å²) in [5, 5.41) is 72.2. The van der Waals surface area contributed by atoms with Gasteiger partial charge in [0.05, 0.1) is 19.8 Å². The lowest BCUT2D eigenvalue weighted by atomic mass is 9.98. The van der Waals surface area contributed by atoms with Crippen molar-refractivity contribution >= 4 is 11.9 Å². The van der Waals surface area contributed by atoms with Crippen LogP contribution in [0.15, 0.2) is 48.6 Å². The van der Waals surface area contributed by atoms with Crippen LogP contribution in [0.4, 0.5) is 0 Å². The molecule has 15 nitrogen and oxygen atoms in total. The standard InChI is InChI=1S/C57H100O15/c1-3-5-7-9-11-13-15-17-19-21-22-24-26-28-30-32-34-36-38-40-49(60)70-45(42-67-48(59)39-37-35-33-31-29-27-25-23-20-18-16-14-12-10-8-6-4-2)43-68-56-55(66)53(64)51(62)47(72-56)44-69-57-54(65)52(63)50(61)46(41-58)71-57/h5,7,11,13,17,19,22,24,45-47,50-58,61-66H,3-4,6,8-10,12,14-16,18,20-21,23,25-44H2,1-2H3/b7-5-,13-11-,19-17-,24-22-. The first kappa shape index (κ1) is 65.6. The molecule has 0 aromatic heterocycles. The average Bonchev–Trinajstić information content (AvgIpc) is 3.37. The number of esters is 2. The van der Waals surface area contributed by atoms with Gasteiger partial charge in [0, 0.05) is 12.8 Å². The number of aliphatic hydroxyl groups is 7. The number of unbranched alkanes of at least 4 members (excludes halogenated alkanes) is 22. The van der Waals surface area contributed by atoms with Gasteiger partial charge in [0.1, 0.15) is 55.4 Å². The quantitative estimate of drug-likeness (QED) is 0.0171. The highest BCUT2D eigenvalue weighted by Gasteiger charge is 2.47. The van der Waals surface area contributed by atoms with Crippen molar-refractivity contribution in [2.24, 2.45) is 0 Å². The van der Waals surface area contributed by atoms with Gasteiger partial charge < -0.3 is 64.2 Å². The van der Waals surface area contributed by atoms with Gasteiger partial charge in [-0.25, -0.2) is 0 Å². The Morgan fingerprint density at radius 1 is 0.458 bits per heavy atom. The molecule has 418 valence electrons. The molecule has 2 heterocycles. The van der Waals surface area contributed by atoms with E-state index in [9.17, 15) is 45.3 Å². The lowest BCUT2D eigenvalue weighted by Crippen LogP contribution is -2.61. The minimum absolute atomic E-state index is 0.149. The summed E-state index contributed by atoms with van der Waals surface area (Å²) in [7, 11) is 0. The first-order valence-electron chi connectivity index (χ1n) is 28.2. The number of carbonyl (C=O) groups is 2. The van der Waals surface area contributed by atoms with Gasteiger partial charge in [0.2, 0.25) is 0 Å². The molecule has 0 radical (unpaired) electrons. The van der Waals surface area contributed by atoms with E-state index in [0.717, 1.165) is 83.5 Å². The van der Waals surface area contributed by atoms with Gasteiger partial charge in [-0.15, -0.1) is 0 Å². The zero-order valence-electron chi connectivity index (χ0n) is 44.4. The predicted octanol–water partition coefficient (Wildman–Crippen LogP) is 9.05. The fourth-order valence-electron chi connectivity index (χ4n) is 8.74. The molecule has 0 amide bonds. The number of ether oxygens (including phenoxy) is 6. The van der Waals surface area contributed by atoms with E-state index in [0.29, 0.717) is 12.8 Å². The first-order chi connectivity index (χ1) is 35.0. The van der Waals surface area contributed by atoms with Crippen LogP contribution >= 0.6 is 0 Å². The summed E-state index contributed by atoms with van der Waals surface area (Å²) in [5.74, 6) is -0.935. The van der Waals surface area contributed by atoms with Gasteiger partial charge >= 0.3 is 11.9 Å². The number of aliphatic hydroxyl groups excluding tert-OH is 7. The Morgan fingerprint density at radius 2 is 0.875 bits per heavy atom. The number of rotatable bonds is 44. The molecular weight excluding hydrogens is 925 g/mol. The molecule has 0 saturated carbocycles. The molecule has 72 heavy (non-hydrogen) atoms. The molecule has 0 aromatic rings. The average molecular weight is 1030 g/mol. The molecule has 0 spiro atoms. The van der Waals surface area contributed by atoms with Crippen molar-refractivity contribution in [2.75, 3.05) is 26.4 Å². The fraction of sp³-hybridized carbons (Fsp3) is 0.825. The first-order valence-corrected chi connectivity index (χ1v) is 28.2. The monoisotopic (exact) mass is 1020 g/mol. The Kier molecular flexibility index (Phi) is 39.8. The van der Waals surface area contributed by atoms with Gasteiger partial charge in [-0.05, 0) is 51.4 Å². The Balaban J connectivity index is 1.77.